The van der Waals surface area contributed by atoms with Crippen molar-refractivity contribution in [3.63, 3.8) is 0 Å². The number of ether oxygens (including phenoxy) is 1. The van der Waals surface area contributed by atoms with Crippen LogP contribution in [0.5, 0.6) is 5.88 Å². The molecule has 0 aliphatic carbocycles. The molecule has 2 rings (SSSR count). The lowest BCUT2D eigenvalue weighted by Gasteiger charge is -2.08. The van der Waals surface area contributed by atoms with Gasteiger partial charge in [0.15, 0.2) is 0 Å². The van der Waals surface area contributed by atoms with Gasteiger partial charge in [0.2, 0.25) is 5.88 Å². The number of aromatic nitrogens is 2. The Bertz CT molecular complexity index is 547. The second kappa shape index (κ2) is 5.68. The van der Waals surface area contributed by atoms with Crippen LogP contribution in [0.2, 0.25) is 0 Å². The number of nitrogens with zero attached hydrogens (tertiary/aromatic N) is 2. The molecule has 3 N–H and O–H groups in total. The van der Waals surface area contributed by atoms with Gasteiger partial charge in [-0.25, -0.2) is 9.97 Å². The zero-order chi connectivity index (χ0) is 13.0. The lowest BCUT2D eigenvalue weighted by atomic mass is 10.2. The van der Waals surface area contributed by atoms with Gasteiger partial charge in [-0.2, -0.15) is 0 Å². The average molecular weight is 309 g/mol. The average Bonchev–Trinajstić information content (AvgIpc) is 2.38. The van der Waals surface area contributed by atoms with Crippen molar-refractivity contribution in [1.29, 1.82) is 0 Å². The van der Waals surface area contributed by atoms with Crippen LogP contribution in [-0.4, -0.2) is 17.1 Å². The molecular formula is C12H13BrN4O. The molecule has 2 aromatic rings. The van der Waals surface area contributed by atoms with E-state index in [0.29, 0.717) is 18.1 Å². The number of nitrogen functional groups attached to an aromatic ring is 1. The van der Waals surface area contributed by atoms with Crippen molar-refractivity contribution in [2.24, 2.45) is 0 Å². The molecule has 0 bridgehead atoms. The van der Waals surface area contributed by atoms with E-state index in [1.807, 2.05) is 18.2 Å². The van der Waals surface area contributed by atoms with E-state index in [1.165, 1.54) is 0 Å². The molecule has 0 spiro atoms. The normalized spacial score (nSPS) is 10.1. The first-order chi connectivity index (χ1) is 8.69. The predicted octanol–water partition coefficient (Wildman–Crippen LogP) is 2.44. The first-order valence-corrected chi connectivity index (χ1v) is 6.12. The smallest absolute Gasteiger partial charge is 0.213 e. The summed E-state index contributed by atoms with van der Waals surface area (Å²) in [5.74, 6) is 1.35. The molecule has 0 saturated carbocycles. The number of nitrogens with one attached hydrogen (secondary N) is 1. The number of hydrogen-bond acceptors (Lipinski definition) is 5. The van der Waals surface area contributed by atoms with E-state index >= 15 is 0 Å². The Kier molecular flexibility index (Phi) is 3.99. The minimum absolute atomic E-state index is 0.596. The highest BCUT2D eigenvalue weighted by Gasteiger charge is 2.02. The lowest BCUT2D eigenvalue weighted by Crippen LogP contribution is -2.03. The summed E-state index contributed by atoms with van der Waals surface area (Å²) < 4.78 is 5.90. The fourth-order valence-electron chi connectivity index (χ4n) is 1.44. The van der Waals surface area contributed by atoms with Crippen molar-refractivity contribution in [3.05, 3.63) is 40.6 Å². The van der Waals surface area contributed by atoms with E-state index in [2.05, 4.69) is 31.2 Å². The van der Waals surface area contributed by atoms with E-state index in [0.717, 1.165) is 15.9 Å². The summed E-state index contributed by atoms with van der Waals surface area (Å²) in [6.07, 6.45) is 3.32. The standard InChI is InChI=1S/C12H13BrN4O/c1-18-11-4-8(2-3-15-11)6-16-12-10(13)5-9(14)7-17-12/h2-5,7H,6,14H2,1H3,(H,16,17). The van der Waals surface area contributed by atoms with E-state index in [1.54, 1.807) is 19.5 Å². The third kappa shape index (κ3) is 3.10. The molecule has 0 unspecified atom stereocenters. The first-order valence-electron chi connectivity index (χ1n) is 5.33. The summed E-state index contributed by atoms with van der Waals surface area (Å²) >= 11 is 3.41. The lowest BCUT2D eigenvalue weighted by molar-refractivity contribution is 0.397. The minimum atomic E-state index is 0.596. The fraction of sp³-hybridized carbons (Fsp3) is 0.167. The minimum Gasteiger partial charge on any atom is -0.481 e. The van der Waals surface area contributed by atoms with Crippen molar-refractivity contribution in [1.82, 2.24) is 9.97 Å². The number of anilines is 2. The maximum Gasteiger partial charge on any atom is 0.213 e. The molecule has 0 aliphatic heterocycles. The zero-order valence-electron chi connectivity index (χ0n) is 9.85. The van der Waals surface area contributed by atoms with Crippen LogP contribution in [0.4, 0.5) is 11.5 Å². The summed E-state index contributed by atoms with van der Waals surface area (Å²) in [7, 11) is 1.59. The largest absolute Gasteiger partial charge is 0.481 e. The summed E-state index contributed by atoms with van der Waals surface area (Å²) in [6, 6.07) is 5.60. The van der Waals surface area contributed by atoms with Crippen LogP contribution in [0.1, 0.15) is 5.56 Å². The van der Waals surface area contributed by atoms with Crippen LogP contribution in [-0.2, 0) is 6.54 Å². The monoisotopic (exact) mass is 308 g/mol. The number of nitrogens with two attached hydrogens (primary N) is 1. The van der Waals surface area contributed by atoms with Crippen LogP contribution in [0.25, 0.3) is 0 Å². The Balaban J connectivity index is 2.06. The van der Waals surface area contributed by atoms with Gasteiger partial charge in [-0.15, -0.1) is 0 Å². The number of methoxy groups -OCH3 is 1. The molecule has 0 aromatic carbocycles. The third-order valence-electron chi connectivity index (χ3n) is 2.33. The molecule has 94 valence electrons. The molecule has 2 heterocycles. The molecule has 5 nitrogen and oxygen atoms in total. The maximum atomic E-state index is 5.63. The van der Waals surface area contributed by atoms with E-state index in [9.17, 15) is 0 Å². The molecule has 0 atom stereocenters. The highest BCUT2D eigenvalue weighted by Crippen LogP contribution is 2.22. The van der Waals surface area contributed by atoms with Gasteiger partial charge >= 0.3 is 0 Å². The van der Waals surface area contributed by atoms with Gasteiger partial charge in [0.25, 0.3) is 0 Å². The molecule has 18 heavy (non-hydrogen) atoms. The van der Waals surface area contributed by atoms with Crippen LogP contribution < -0.4 is 15.8 Å². The Morgan fingerprint density at radius 1 is 1.39 bits per heavy atom. The zero-order valence-corrected chi connectivity index (χ0v) is 11.4. The summed E-state index contributed by atoms with van der Waals surface area (Å²) in [5.41, 5.74) is 7.31. The Morgan fingerprint density at radius 3 is 2.94 bits per heavy atom. The molecule has 2 aromatic heterocycles. The van der Waals surface area contributed by atoms with E-state index in [-0.39, 0.29) is 0 Å². The Labute approximate surface area is 114 Å². The summed E-state index contributed by atoms with van der Waals surface area (Å²) in [4.78, 5) is 8.26. The van der Waals surface area contributed by atoms with Gasteiger partial charge in [0.1, 0.15) is 5.82 Å². The third-order valence-corrected chi connectivity index (χ3v) is 2.94. The molecule has 0 saturated heterocycles. The topological polar surface area (TPSA) is 73.1 Å². The molecular weight excluding hydrogens is 296 g/mol. The number of halogens is 1. The van der Waals surface area contributed by atoms with Crippen molar-refractivity contribution >= 4 is 27.4 Å². The highest BCUT2D eigenvalue weighted by molar-refractivity contribution is 9.10. The summed E-state index contributed by atoms with van der Waals surface area (Å²) in [6.45, 7) is 0.633. The van der Waals surface area contributed by atoms with Crippen LogP contribution in [0, 0.1) is 0 Å². The van der Waals surface area contributed by atoms with Gasteiger partial charge in [0.05, 0.1) is 23.5 Å². The molecule has 0 amide bonds. The Hall–Kier alpha value is -1.82. The van der Waals surface area contributed by atoms with Gasteiger partial charge in [-0.05, 0) is 33.6 Å². The van der Waals surface area contributed by atoms with Crippen molar-refractivity contribution in [2.45, 2.75) is 6.54 Å². The SMILES string of the molecule is COc1cc(CNc2ncc(N)cc2Br)ccn1. The number of rotatable bonds is 4. The Morgan fingerprint density at radius 2 is 2.22 bits per heavy atom. The van der Waals surface area contributed by atoms with E-state index in [4.69, 9.17) is 10.5 Å². The van der Waals surface area contributed by atoms with Crippen LogP contribution >= 0.6 is 15.9 Å². The molecule has 0 fully saturated rings. The summed E-state index contributed by atoms with van der Waals surface area (Å²) in [5, 5.41) is 3.21. The molecule has 6 heteroatoms. The van der Waals surface area contributed by atoms with Gasteiger partial charge in [-0.3, -0.25) is 0 Å². The second-order valence-corrected chi connectivity index (χ2v) is 4.51. The van der Waals surface area contributed by atoms with Crippen molar-refractivity contribution < 1.29 is 4.74 Å². The van der Waals surface area contributed by atoms with Crippen LogP contribution in [0.15, 0.2) is 35.1 Å². The quantitative estimate of drug-likeness (QED) is 0.907. The number of hydrogen-bond donors (Lipinski definition) is 2. The number of pyridine rings is 2. The molecule has 0 aliphatic rings. The van der Waals surface area contributed by atoms with Crippen LogP contribution in [0.3, 0.4) is 0 Å². The highest BCUT2D eigenvalue weighted by atomic mass is 79.9. The van der Waals surface area contributed by atoms with Crippen molar-refractivity contribution in [3.8, 4) is 5.88 Å². The second-order valence-electron chi connectivity index (χ2n) is 3.66. The van der Waals surface area contributed by atoms with Gasteiger partial charge in [0, 0.05) is 18.8 Å². The van der Waals surface area contributed by atoms with Gasteiger partial charge in [-0.1, -0.05) is 0 Å². The maximum absolute atomic E-state index is 5.63. The van der Waals surface area contributed by atoms with E-state index < -0.39 is 0 Å². The van der Waals surface area contributed by atoms with Crippen molar-refractivity contribution in [2.75, 3.05) is 18.2 Å². The van der Waals surface area contributed by atoms with Gasteiger partial charge < -0.3 is 15.8 Å². The first kappa shape index (κ1) is 12.6. The molecule has 0 radical (unpaired) electrons. The fourth-order valence-corrected chi connectivity index (χ4v) is 1.95. The predicted molar refractivity (Wildman–Crippen MR) is 74.5 cm³/mol.